The van der Waals surface area contributed by atoms with E-state index in [1.54, 1.807) is 0 Å². The molecule has 10 heteroatoms. The zero-order valence-electron chi connectivity index (χ0n) is 40.4. The average Bonchev–Trinajstić information content (AvgIpc) is 3.25. The first kappa shape index (κ1) is 60.0. The molecule has 61 heavy (non-hydrogen) atoms. The number of unbranched alkanes of at least 4 members (excludes halogenated alkanes) is 38. The highest BCUT2D eigenvalue weighted by molar-refractivity contribution is 7.47. The fourth-order valence-corrected chi connectivity index (χ4v) is 8.82. The molecule has 0 fully saturated rings. The normalized spacial score (nSPS) is 13.0. The largest absolute Gasteiger partial charge is 0.472 e. The van der Waals surface area contributed by atoms with Gasteiger partial charge in [-0.05, 0) is 12.8 Å². The van der Waals surface area contributed by atoms with E-state index in [-0.39, 0.29) is 38.6 Å². The highest BCUT2D eigenvalue weighted by Crippen LogP contribution is 2.43. The Hall–Kier alpha value is -0.990. The van der Waals surface area contributed by atoms with Gasteiger partial charge in [0.25, 0.3) is 0 Å². The molecule has 9 nitrogen and oxygen atoms in total. The van der Waals surface area contributed by atoms with Gasteiger partial charge < -0.3 is 20.1 Å². The molecule has 0 aromatic rings. The SMILES string of the molecule is CCCCCCCCCCCCCCCCCCCCCCCCCC(=O)OCC(COP(=O)(O)OCCN)OC(=O)CCCCCCCCCCCCCCCCCCC. The summed E-state index contributed by atoms with van der Waals surface area (Å²) in [5, 5.41) is 0. The van der Waals surface area contributed by atoms with E-state index in [1.807, 2.05) is 0 Å². The van der Waals surface area contributed by atoms with E-state index in [1.165, 1.54) is 218 Å². The van der Waals surface area contributed by atoms with E-state index >= 15 is 0 Å². The molecule has 0 rings (SSSR count). The molecule has 0 spiro atoms. The van der Waals surface area contributed by atoms with Crippen LogP contribution in [0.15, 0.2) is 0 Å². The predicted octanol–water partition coefficient (Wildman–Crippen LogP) is 16.0. The van der Waals surface area contributed by atoms with E-state index < -0.39 is 26.5 Å². The Morgan fingerprint density at radius 3 is 1.00 bits per heavy atom. The van der Waals surface area contributed by atoms with Crippen molar-refractivity contribution in [3.63, 3.8) is 0 Å². The lowest BCUT2D eigenvalue weighted by Gasteiger charge is -2.19. The average molecular weight is 888 g/mol. The summed E-state index contributed by atoms with van der Waals surface area (Å²) in [4.78, 5) is 35.1. The molecule has 364 valence electrons. The molecule has 0 aromatic carbocycles. The monoisotopic (exact) mass is 888 g/mol. The molecule has 0 heterocycles. The van der Waals surface area contributed by atoms with Crippen LogP contribution in [0, 0.1) is 0 Å². The molecule has 2 atom stereocenters. The Kier molecular flexibility index (Phi) is 47.7. The third-order valence-corrected chi connectivity index (χ3v) is 13.0. The van der Waals surface area contributed by atoms with Gasteiger partial charge in [0, 0.05) is 19.4 Å². The van der Waals surface area contributed by atoms with Gasteiger partial charge in [0.05, 0.1) is 13.2 Å². The zero-order valence-corrected chi connectivity index (χ0v) is 41.3. The number of ether oxygens (including phenoxy) is 2. The maximum Gasteiger partial charge on any atom is 0.472 e. The minimum absolute atomic E-state index is 0.0584. The Labute approximate surface area is 377 Å². The van der Waals surface area contributed by atoms with Gasteiger partial charge >= 0.3 is 19.8 Å². The number of phosphoric ester groups is 1. The molecular weight excluding hydrogens is 786 g/mol. The molecule has 0 amide bonds. The zero-order chi connectivity index (χ0) is 44.6. The fourth-order valence-electron chi connectivity index (χ4n) is 8.05. The molecule has 0 saturated carbocycles. The van der Waals surface area contributed by atoms with E-state index in [0.29, 0.717) is 6.42 Å². The van der Waals surface area contributed by atoms with E-state index in [2.05, 4.69) is 13.8 Å². The fraction of sp³-hybridized carbons (Fsp3) is 0.961. The van der Waals surface area contributed by atoms with Gasteiger partial charge in [-0.15, -0.1) is 0 Å². The number of nitrogens with two attached hydrogens (primary N) is 1. The summed E-state index contributed by atoms with van der Waals surface area (Å²) in [5.74, 6) is -0.805. The Balaban J connectivity index is 3.94. The second-order valence-electron chi connectivity index (χ2n) is 18.1. The molecule has 0 aliphatic carbocycles. The van der Waals surface area contributed by atoms with Gasteiger partial charge in [-0.25, -0.2) is 4.57 Å². The van der Waals surface area contributed by atoms with Crippen LogP contribution >= 0.6 is 7.82 Å². The first-order valence-corrected chi connectivity index (χ1v) is 28.0. The van der Waals surface area contributed by atoms with Gasteiger partial charge in [-0.2, -0.15) is 0 Å². The van der Waals surface area contributed by atoms with Crippen LogP contribution in [0.4, 0.5) is 0 Å². The van der Waals surface area contributed by atoms with Gasteiger partial charge in [0.15, 0.2) is 6.10 Å². The maximum atomic E-state index is 12.6. The highest BCUT2D eigenvalue weighted by atomic mass is 31.2. The Bertz CT molecular complexity index is 969. The van der Waals surface area contributed by atoms with Gasteiger partial charge in [-0.3, -0.25) is 18.6 Å². The van der Waals surface area contributed by atoms with Crippen LogP contribution < -0.4 is 5.73 Å². The number of hydrogen-bond acceptors (Lipinski definition) is 8. The van der Waals surface area contributed by atoms with Crippen molar-refractivity contribution in [1.29, 1.82) is 0 Å². The van der Waals surface area contributed by atoms with E-state index in [0.717, 1.165) is 32.1 Å². The summed E-state index contributed by atoms with van der Waals surface area (Å²) in [6.07, 6.45) is 51.5. The van der Waals surface area contributed by atoms with Crippen molar-refractivity contribution in [2.45, 2.75) is 290 Å². The first-order valence-electron chi connectivity index (χ1n) is 26.5. The highest BCUT2D eigenvalue weighted by Gasteiger charge is 2.26. The summed E-state index contributed by atoms with van der Waals surface area (Å²) in [6, 6.07) is 0. The van der Waals surface area contributed by atoms with Crippen LogP contribution in [-0.4, -0.2) is 49.3 Å². The van der Waals surface area contributed by atoms with Gasteiger partial charge in [-0.1, -0.05) is 258 Å². The number of rotatable bonds is 51. The minimum Gasteiger partial charge on any atom is -0.462 e. The van der Waals surface area contributed by atoms with Gasteiger partial charge in [0.1, 0.15) is 6.61 Å². The number of carbonyl (C=O) groups excluding carboxylic acids is 2. The van der Waals surface area contributed by atoms with Crippen molar-refractivity contribution < 1.29 is 37.6 Å². The van der Waals surface area contributed by atoms with Gasteiger partial charge in [0.2, 0.25) is 0 Å². The molecule has 0 saturated heterocycles. The van der Waals surface area contributed by atoms with Crippen molar-refractivity contribution in [2.24, 2.45) is 5.73 Å². The summed E-state index contributed by atoms with van der Waals surface area (Å²) in [7, 11) is -4.37. The maximum absolute atomic E-state index is 12.6. The quantitative estimate of drug-likeness (QED) is 0.0348. The van der Waals surface area contributed by atoms with Crippen LogP contribution in [0.5, 0.6) is 0 Å². The standard InChI is InChI=1S/C51H102NO8P/c1-3-5-7-9-11-13-15-17-19-21-22-23-24-25-26-28-29-31-33-35-37-39-41-43-50(53)57-47-49(48-59-61(55,56)58-46-45-52)60-51(54)44-42-40-38-36-34-32-30-27-20-18-16-14-12-10-8-6-4-2/h49H,3-48,52H2,1-2H3,(H,55,56). The van der Waals surface area contributed by atoms with Crippen molar-refractivity contribution in [1.82, 2.24) is 0 Å². The molecular formula is C51H102NO8P. The number of carbonyl (C=O) groups is 2. The molecule has 2 unspecified atom stereocenters. The van der Waals surface area contributed by atoms with Crippen LogP contribution in [-0.2, 0) is 32.7 Å². The molecule has 0 radical (unpaired) electrons. The Morgan fingerprint density at radius 1 is 0.426 bits per heavy atom. The summed E-state index contributed by atoms with van der Waals surface area (Å²) >= 11 is 0. The predicted molar refractivity (Wildman–Crippen MR) is 257 cm³/mol. The van der Waals surface area contributed by atoms with Crippen molar-refractivity contribution in [3.8, 4) is 0 Å². The smallest absolute Gasteiger partial charge is 0.462 e. The van der Waals surface area contributed by atoms with Crippen LogP contribution in [0.3, 0.4) is 0 Å². The second kappa shape index (κ2) is 48.5. The Morgan fingerprint density at radius 2 is 0.705 bits per heavy atom. The van der Waals surface area contributed by atoms with Crippen molar-refractivity contribution in [3.05, 3.63) is 0 Å². The molecule has 0 aliphatic heterocycles. The van der Waals surface area contributed by atoms with Crippen molar-refractivity contribution >= 4 is 19.8 Å². The lowest BCUT2D eigenvalue weighted by Crippen LogP contribution is -2.29. The number of esters is 2. The lowest BCUT2D eigenvalue weighted by molar-refractivity contribution is -0.161. The van der Waals surface area contributed by atoms with Crippen LogP contribution in [0.1, 0.15) is 284 Å². The summed E-state index contributed by atoms with van der Waals surface area (Å²) < 4.78 is 33.0. The number of hydrogen-bond donors (Lipinski definition) is 2. The van der Waals surface area contributed by atoms with E-state index in [4.69, 9.17) is 24.3 Å². The second-order valence-corrected chi connectivity index (χ2v) is 19.6. The molecule has 0 aromatic heterocycles. The topological polar surface area (TPSA) is 134 Å². The van der Waals surface area contributed by atoms with Crippen LogP contribution in [0.25, 0.3) is 0 Å². The molecule has 3 N–H and O–H groups in total. The third-order valence-electron chi connectivity index (χ3n) is 12.0. The van der Waals surface area contributed by atoms with Crippen molar-refractivity contribution in [2.75, 3.05) is 26.4 Å². The third kappa shape index (κ3) is 48.3. The summed E-state index contributed by atoms with van der Waals surface area (Å²) in [6.45, 7) is 3.81. The molecule has 0 bridgehead atoms. The first-order chi connectivity index (χ1) is 29.8. The van der Waals surface area contributed by atoms with E-state index in [9.17, 15) is 19.0 Å². The lowest BCUT2D eigenvalue weighted by atomic mass is 10.0. The van der Waals surface area contributed by atoms with Crippen LogP contribution in [0.2, 0.25) is 0 Å². The summed E-state index contributed by atoms with van der Waals surface area (Å²) in [5.41, 5.74) is 5.37. The number of phosphoric acid groups is 1. The minimum atomic E-state index is -4.37. The molecule has 0 aliphatic rings.